The first-order valence-electron chi connectivity index (χ1n) is 9.43. The summed E-state index contributed by atoms with van der Waals surface area (Å²) < 4.78 is 10.8. The molecule has 7 heteroatoms. The Morgan fingerprint density at radius 1 is 1.28 bits per heavy atom. The number of rotatable bonds is 7. The van der Waals surface area contributed by atoms with Gasteiger partial charge < -0.3 is 19.5 Å². The average molecular weight is 416 g/mol. The Hall–Kier alpha value is -2.64. The maximum absolute atomic E-state index is 12.8. The van der Waals surface area contributed by atoms with Crippen LogP contribution in [0.5, 0.6) is 5.75 Å². The minimum atomic E-state index is -0.683. The monoisotopic (exact) mass is 415 g/mol. The number of amides is 1. The van der Waals surface area contributed by atoms with Gasteiger partial charge in [-0.05, 0) is 56.0 Å². The van der Waals surface area contributed by atoms with E-state index in [1.165, 1.54) is 16.2 Å². The van der Waals surface area contributed by atoms with Crippen molar-refractivity contribution >= 4 is 28.8 Å². The SMILES string of the molecule is COCCN1C(=O)C(=O)C(=C(O)c2ccc(OC(C)C)c(C)c2)C1c1cccs1. The molecule has 1 fully saturated rings. The van der Waals surface area contributed by atoms with Crippen LogP contribution < -0.4 is 4.74 Å². The van der Waals surface area contributed by atoms with Crippen LogP contribution in [0, 0.1) is 6.92 Å². The number of nitrogens with zero attached hydrogens (tertiary/aromatic N) is 1. The number of Topliss-reactive ketones (excluding diaryl/α,β-unsaturated/α-hetero) is 1. The molecule has 1 aliphatic rings. The summed E-state index contributed by atoms with van der Waals surface area (Å²) in [6.45, 7) is 6.32. The zero-order valence-electron chi connectivity index (χ0n) is 17.0. The second kappa shape index (κ2) is 8.80. The molecule has 0 radical (unpaired) electrons. The van der Waals surface area contributed by atoms with Gasteiger partial charge in [0.1, 0.15) is 11.5 Å². The highest BCUT2D eigenvalue weighted by Gasteiger charge is 2.46. The Morgan fingerprint density at radius 3 is 2.62 bits per heavy atom. The molecule has 1 N–H and O–H groups in total. The van der Waals surface area contributed by atoms with Crippen LogP contribution in [0.4, 0.5) is 0 Å². The highest BCUT2D eigenvalue weighted by molar-refractivity contribution is 7.10. The first kappa shape index (κ1) is 21.1. The number of benzene rings is 1. The van der Waals surface area contributed by atoms with E-state index >= 15 is 0 Å². The quantitative estimate of drug-likeness (QED) is 0.422. The van der Waals surface area contributed by atoms with E-state index in [0.717, 1.165) is 10.4 Å². The van der Waals surface area contributed by atoms with Crippen molar-refractivity contribution in [3.05, 3.63) is 57.3 Å². The predicted molar refractivity (Wildman–Crippen MR) is 112 cm³/mol. The second-order valence-corrected chi connectivity index (χ2v) is 8.13. The molecule has 1 unspecified atom stereocenters. The van der Waals surface area contributed by atoms with Crippen LogP contribution in [0.1, 0.15) is 35.9 Å². The van der Waals surface area contributed by atoms with E-state index in [-0.39, 0.29) is 24.0 Å². The molecule has 0 spiro atoms. The van der Waals surface area contributed by atoms with Crippen LogP contribution in [0.3, 0.4) is 0 Å². The molecule has 2 heterocycles. The smallest absolute Gasteiger partial charge is 0.295 e. The molecule has 1 aromatic heterocycles. The van der Waals surface area contributed by atoms with E-state index in [2.05, 4.69) is 0 Å². The zero-order valence-corrected chi connectivity index (χ0v) is 17.8. The molecule has 6 nitrogen and oxygen atoms in total. The lowest BCUT2D eigenvalue weighted by atomic mass is 9.98. The van der Waals surface area contributed by atoms with Gasteiger partial charge in [0.05, 0.1) is 24.3 Å². The molecule has 1 aromatic carbocycles. The van der Waals surface area contributed by atoms with Gasteiger partial charge in [-0.3, -0.25) is 9.59 Å². The number of methoxy groups -OCH3 is 1. The van der Waals surface area contributed by atoms with E-state index < -0.39 is 17.7 Å². The van der Waals surface area contributed by atoms with Gasteiger partial charge in [-0.15, -0.1) is 11.3 Å². The molecule has 1 aliphatic heterocycles. The van der Waals surface area contributed by atoms with Gasteiger partial charge in [-0.1, -0.05) is 6.07 Å². The standard InChI is InChI=1S/C22H25NO5S/c1-13(2)28-16-8-7-15(12-14(16)3)20(24)18-19(17-6-5-11-29-17)23(9-10-27-4)22(26)21(18)25/h5-8,11-13,19,24H,9-10H2,1-4H3. The molecule has 0 bridgehead atoms. The number of hydrogen-bond acceptors (Lipinski definition) is 6. The van der Waals surface area contributed by atoms with Gasteiger partial charge in [-0.2, -0.15) is 0 Å². The van der Waals surface area contributed by atoms with Crippen LogP contribution in [0.15, 0.2) is 41.3 Å². The van der Waals surface area contributed by atoms with Crippen LogP contribution in [-0.2, 0) is 14.3 Å². The Morgan fingerprint density at radius 2 is 2.03 bits per heavy atom. The molecule has 3 rings (SSSR count). The molecule has 2 aromatic rings. The topological polar surface area (TPSA) is 76.1 Å². The molecule has 0 saturated carbocycles. The first-order chi connectivity index (χ1) is 13.8. The summed E-state index contributed by atoms with van der Waals surface area (Å²) in [5, 5.41) is 12.9. The number of ketones is 1. The van der Waals surface area contributed by atoms with E-state index in [9.17, 15) is 14.7 Å². The van der Waals surface area contributed by atoms with E-state index in [1.807, 2.05) is 38.3 Å². The number of aliphatic hydroxyl groups is 1. The number of aliphatic hydroxyl groups excluding tert-OH is 1. The summed E-state index contributed by atoms with van der Waals surface area (Å²) in [6.07, 6.45) is 0.0260. The summed E-state index contributed by atoms with van der Waals surface area (Å²) in [5.74, 6) is -0.775. The number of carbonyl (C=O) groups excluding carboxylic acids is 2. The van der Waals surface area contributed by atoms with Crippen molar-refractivity contribution in [3.8, 4) is 5.75 Å². The van der Waals surface area contributed by atoms with Gasteiger partial charge in [0.15, 0.2) is 0 Å². The number of hydrogen-bond donors (Lipinski definition) is 1. The maximum atomic E-state index is 12.8. The highest BCUT2D eigenvalue weighted by Crippen LogP contribution is 2.41. The number of ether oxygens (including phenoxy) is 2. The third kappa shape index (κ3) is 4.21. The Balaban J connectivity index is 2.07. The first-order valence-corrected chi connectivity index (χ1v) is 10.3. The Bertz CT molecular complexity index is 933. The largest absolute Gasteiger partial charge is 0.507 e. The van der Waals surface area contributed by atoms with Crippen LogP contribution >= 0.6 is 11.3 Å². The van der Waals surface area contributed by atoms with Crippen molar-refractivity contribution < 1.29 is 24.2 Å². The molecular weight excluding hydrogens is 390 g/mol. The number of carbonyl (C=O) groups is 2. The van der Waals surface area contributed by atoms with Crippen molar-refractivity contribution in [2.75, 3.05) is 20.3 Å². The summed E-state index contributed by atoms with van der Waals surface area (Å²) >= 11 is 1.44. The maximum Gasteiger partial charge on any atom is 0.295 e. The van der Waals surface area contributed by atoms with Crippen molar-refractivity contribution in [3.63, 3.8) is 0 Å². The fourth-order valence-corrected chi connectivity index (χ4v) is 4.23. The minimum absolute atomic E-state index is 0.0260. The Labute approximate surface area is 174 Å². The third-order valence-corrected chi connectivity index (χ3v) is 5.62. The minimum Gasteiger partial charge on any atom is -0.507 e. The van der Waals surface area contributed by atoms with E-state index in [1.54, 1.807) is 25.3 Å². The van der Waals surface area contributed by atoms with Gasteiger partial charge in [-0.25, -0.2) is 0 Å². The summed E-state index contributed by atoms with van der Waals surface area (Å²) in [7, 11) is 1.54. The van der Waals surface area contributed by atoms with Crippen LogP contribution in [-0.4, -0.2) is 48.1 Å². The van der Waals surface area contributed by atoms with Crippen LogP contribution in [0.2, 0.25) is 0 Å². The summed E-state index contributed by atoms with van der Waals surface area (Å²) in [6, 6.07) is 8.33. The van der Waals surface area contributed by atoms with Gasteiger partial charge >= 0.3 is 0 Å². The fraction of sp³-hybridized carbons (Fsp3) is 0.364. The lowest BCUT2D eigenvalue weighted by Crippen LogP contribution is -2.32. The molecular formula is C22H25NO5S. The second-order valence-electron chi connectivity index (χ2n) is 7.15. The van der Waals surface area contributed by atoms with Gasteiger partial charge in [0, 0.05) is 24.1 Å². The fourth-order valence-electron chi connectivity index (χ4n) is 3.38. The predicted octanol–water partition coefficient (Wildman–Crippen LogP) is 3.91. The normalized spacial score (nSPS) is 18.7. The molecule has 1 saturated heterocycles. The van der Waals surface area contributed by atoms with Crippen molar-refractivity contribution in [2.45, 2.75) is 32.9 Å². The Kier molecular flexibility index (Phi) is 6.39. The molecule has 29 heavy (non-hydrogen) atoms. The number of aryl methyl sites for hydroxylation is 1. The summed E-state index contributed by atoms with van der Waals surface area (Å²) in [4.78, 5) is 27.8. The number of thiophene rings is 1. The lowest BCUT2D eigenvalue weighted by Gasteiger charge is -2.23. The third-order valence-electron chi connectivity index (χ3n) is 4.70. The van der Waals surface area contributed by atoms with Crippen molar-refractivity contribution in [2.24, 2.45) is 0 Å². The van der Waals surface area contributed by atoms with Gasteiger partial charge in [0.2, 0.25) is 0 Å². The highest BCUT2D eigenvalue weighted by atomic mass is 32.1. The van der Waals surface area contributed by atoms with Gasteiger partial charge in [0.25, 0.3) is 11.7 Å². The number of likely N-dealkylation sites (tertiary alicyclic amines) is 1. The van der Waals surface area contributed by atoms with E-state index in [4.69, 9.17) is 9.47 Å². The molecule has 1 atom stereocenters. The molecule has 0 aliphatic carbocycles. The van der Waals surface area contributed by atoms with E-state index in [0.29, 0.717) is 17.9 Å². The molecule has 1 amide bonds. The molecule has 154 valence electrons. The summed E-state index contributed by atoms with van der Waals surface area (Å²) in [5.41, 5.74) is 1.42. The lowest BCUT2D eigenvalue weighted by molar-refractivity contribution is -0.140. The van der Waals surface area contributed by atoms with Crippen LogP contribution in [0.25, 0.3) is 5.76 Å². The van der Waals surface area contributed by atoms with Crippen molar-refractivity contribution in [1.29, 1.82) is 0 Å². The zero-order chi connectivity index (χ0) is 21.1. The van der Waals surface area contributed by atoms with Crippen molar-refractivity contribution in [1.82, 2.24) is 4.90 Å². The average Bonchev–Trinajstić information content (AvgIpc) is 3.29.